The Kier molecular flexibility index (Phi) is 6.65. The first-order valence-electron chi connectivity index (χ1n) is 7.69. The summed E-state index contributed by atoms with van der Waals surface area (Å²) in [6.07, 6.45) is -4.83. The molecule has 0 aliphatic rings. The van der Waals surface area contributed by atoms with Gasteiger partial charge in [0.05, 0.1) is 11.1 Å². The quantitative estimate of drug-likeness (QED) is 0.698. The summed E-state index contributed by atoms with van der Waals surface area (Å²) < 4.78 is 45.8. The van der Waals surface area contributed by atoms with Crippen molar-refractivity contribution in [2.24, 2.45) is 0 Å². The lowest BCUT2D eigenvalue weighted by atomic mass is 10.1. The number of rotatable bonds is 6. The molecule has 1 N–H and O–H groups in total. The Balaban J connectivity index is 2.04. The lowest BCUT2D eigenvalue weighted by Crippen LogP contribution is -2.49. The second-order valence-corrected chi connectivity index (χ2v) is 6.68. The van der Waals surface area contributed by atoms with Gasteiger partial charge in [0.2, 0.25) is 0 Å². The van der Waals surface area contributed by atoms with Crippen LogP contribution in [-0.4, -0.2) is 24.4 Å². The molecule has 0 saturated heterocycles. The van der Waals surface area contributed by atoms with Crippen molar-refractivity contribution in [2.75, 3.05) is 6.61 Å². The van der Waals surface area contributed by atoms with Gasteiger partial charge in [0, 0.05) is 10.6 Å². The first-order valence-corrected chi connectivity index (χ1v) is 8.44. The molecule has 0 bridgehead atoms. The smallest absolute Gasteiger partial charge is 0.488 e. The zero-order chi connectivity index (χ0) is 20.9. The highest BCUT2D eigenvalue weighted by Crippen LogP contribution is 2.28. The molecular formula is C18H13Cl2F3N2O3. The molecule has 0 spiro atoms. The summed E-state index contributed by atoms with van der Waals surface area (Å²) in [6.45, 7) is 1.20. The number of carbonyl (C=O) groups excluding carboxylic acids is 1. The third kappa shape index (κ3) is 6.22. The topological polar surface area (TPSA) is 71.3 Å². The van der Waals surface area contributed by atoms with Crippen LogP contribution in [0.4, 0.5) is 13.2 Å². The number of ether oxygens (including phenoxy) is 2. The summed E-state index contributed by atoms with van der Waals surface area (Å²) in [5, 5.41) is 12.5. The van der Waals surface area contributed by atoms with Gasteiger partial charge in [0.15, 0.2) is 5.54 Å². The third-order valence-corrected chi connectivity index (χ3v) is 3.93. The van der Waals surface area contributed by atoms with E-state index in [4.69, 9.17) is 27.9 Å². The third-order valence-electron chi connectivity index (χ3n) is 3.40. The normalized spacial score (nSPS) is 13.2. The number of hydrogen-bond acceptors (Lipinski definition) is 4. The number of nitriles is 1. The highest BCUT2D eigenvalue weighted by Gasteiger charge is 2.31. The van der Waals surface area contributed by atoms with E-state index in [1.165, 1.54) is 19.1 Å². The summed E-state index contributed by atoms with van der Waals surface area (Å²) in [4.78, 5) is 12.3. The van der Waals surface area contributed by atoms with E-state index in [-0.39, 0.29) is 22.9 Å². The van der Waals surface area contributed by atoms with Crippen molar-refractivity contribution in [2.45, 2.75) is 18.8 Å². The van der Waals surface area contributed by atoms with Gasteiger partial charge in [-0.15, -0.1) is 13.2 Å². The predicted molar refractivity (Wildman–Crippen MR) is 96.6 cm³/mol. The standard InChI is InChI=1S/C18H13Cl2F3N2O3/c1-17(9-24,10-27-15-7-4-12(19)8-14(15)20)25-16(26)11-2-5-13(6-3-11)28-18(21,22)23/h2-8H,10H2,1H3,(H,25,26). The van der Waals surface area contributed by atoms with Crippen LogP contribution in [-0.2, 0) is 0 Å². The lowest BCUT2D eigenvalue weighted by molar-refractivity contribution is -0.274. The number of nitrogens with zero attached hydrogens (tertiary/aromatic N) is 1. The maximum atomic E-state index is 12.3. The Bertz CT molecular complexity index is 898. The second kappa shape index (κ2) is 8.59. The molecular weight excluding hydrogens is 420 g/mol. The van der Waals surface area contributed by atoms with E-state index < -0.39 is 23.6 Å². The molecule has 148 valence electrons. The predicted octanol–water partition coefficient (Wildman–Crippen LogP) is 4.98. The van der Waals surface area contributed by atoms with Gasteiger partial charge in [-0.25, -0.2) is 0 Å². The number of amides is 1. The molecule has 5 nitrogen and oxygen atoms in total. The van der Waals surface area contributed by atoms with Crippen LogP contribution in [0.5, 0.6) is 11.5 Å². The molecule has 2 rings (SSSR count). The number of alkyl halides is 3. The van der Waals surface area contributed by atoms with Crippen molar-refractivity contribution in [3.63, 3.8) is 0 Å². The van der Waals surface area contributed by atoms with E-state index in [2.05, 4.69) is 10.1 Å². The molecule has 28 heavy (non-hydrogen) atoms. The first kappa shape index (κ1) is 21.7. The fraction of sp³-hybridized carbons (Fsp3) is 0.222. The maximum Gasteiger partial charge on any atom is 0.573 e. The molecule has 1 atom stereocenters. The monoisotopic (exact) mass is 432 g/mol. The number of halogens is 5. The van der Waals surface area contributed by atoms with Crippen LogP contribution < -0.4 is 14.8 Å². The highest BCUT2D eigenvalue weighted by molar-refractivity contribution is 6.35. The number of benzene rings is 2. The number of carbonyl (C=O) groups is 1. The number of nitrogens with one attached hydrogen (secondary N) is 1. The highest BCUT2D eigenvalue weighted by atomic mass is 35.5. The van der Waals surface area contributed by atoms with E-state index in [1.807, 2.05) is 6.07 Å². The Morgan fingerprint density at radius 2 is 1.82 bits per heavy atom. The van der Waals surface area contributed by atoms with E-state index in [0.717, 1.165) is 24.3 Å². The van der Waals surface area contributed by atoms with Gasteiger partial charge in [-0.1, -0.05) is 23.2 Å². The maximum absolute atomic E-state index is 12.3. The Morgan fingerprint density at radius 3 is 2.36 bits per heavy atom. The van der Waals surface area contributed by atoms with E-state index in [1.54, 1.807) is 6.07 Å². The minimum atomic E-state index is -4.83. The SMILES string of the molecule is CC(C#N)(COc1ccc(Cl)cc1Cl)NC(=O)c1ccc(OC(F)(F)F)cc1. The molecule has 0 aliphatic carbocycles. The minimum Gasteiger partial charge on any atom is -0.488 e. The van der Waals surface area contributed by atoms with Crippen LogP contribution in [0.25, 0.3) is 0 Å². The summed E-state index contributed by atoms with van der Waals surface area (Å²) >= 11 is 11.8. The van der Waals surface area contributed by atoms with Crippen LogP contribution >= 0.6 is 23.2 Å². The van der Waals surface area contributed by atoms with Crippen molar-refractivity contribution in [1.82, 2.24) is 5.32 Å². The van der Waals surface area contributed by atoms with Gasteiger partial charge >= 0.3 is 6.36 Å². The van der Waals surface area contributed by atoms with E-state index in [9.17, 15) is 23.2 Å². The van der Waals surface area contributed by atoms with E-state index >= 15 is 0 Å². The summed E-state index contributed by atoms with van der Waals surface area (Å²) in [6, 6.07) is 10.7. The van der Waals surface area contributed by atoms with Gasteiger partial charge in [-0.3, -0.25) is 4.79 Å². The van der Waals surface area contributed by atoms with Gasteiger partial charge < -0.3 is 14.8 Å². The van der Waals surface area contributed by atoms with Gasteiger partial charge in [0.25, 0.3) is 5.91 Å². The molecule has 0 aromatic heterocycles. The molecule has 1 unspecified atom stereocenters. The fourth-order valence-electron chi connectivity index (χ4n) is 2.04. The first-order chi connectivity index (χ1) is 13.0. The molecule has 0 fully saturated rings. The average molecular weight is 433 g/mol. The zero-order valence-corrected chi connectivity index (χ0v) is 15.8. The molecule has 10 heteroatoms. The largest absolute Gasteiger partial charge is 0.573 e. The van der Waals surface area contributed by atoms with Crippen LogP contribution in [0.2, 0.25) is 10.0 Å². The summed E-state index contributed by atoms with van der Waals surface area (Å²) in [7, 11) is 0. The van der Waals surface area contributed by atoms with Crippen LogP contribution in [0.3, 0.4) is 0 Å². The molecule has 0 heterocycles. The summed E-state index contributed by atoms with van der Waals surface area (Å²) in [5.74, 6) is -0.864. The molecule has 2 aromatic carbocycles. The Hall–Kier alpha value is -2.63. The number of hydrogen-bond donors (Lipinski definition) is 1. The molecule has 0 radical (unpaired) electrons. The van der Waals surface area contributed by atoms with Gasteiger partial charge in [-0.05, 0) is 49.4 Å². The second-order valence-electron chi connectivity index (χ2n) is 5.83. The zero-order valence-electron chi connectivity index (χ0n) is 14.3. The van der Waals surface area contributed by atoms with Crippen molar-refractivity contribution < 1.29 is 27.4 Å². The Labute approximate surface area is 168 Å². The van der Waals surface area contributed by atoms with Crippen molar-refractivity contribution in [1.29, 1.82) is 5.26 Å². The van der Waals surface area contributed by atoms with Crippen molar-refractivity contribution in [3.8, 4) is 17.6 Å². The van der Waals surface area contributed by atoms with Crippen molar-refractivity contribution >= 4 is 29.1 Å². The average Bonchev–Trinajstić information content (AvgIpc) is 2.60. The minimum absolute atomic E-state index is 0.0422. The van der Waals surface area contributed by atoms with Gasteiger partial charge in [-0.2, -0.15) is 5.26 Å². The van der Waals surface area contributed by atoms with Gasteiger partial charge in [0.1, 0.15) is 18.1 Å². The fourth-order valence-corrected chi connectivity index (χ4v) is 2.50. The molecule has 0 saturated carbocycles. The van der Waals surface area contributed by atoms with E-state index in [0.29, 0.717) is 5.02 Å². The molecule has 2 aromatic rings. The van der Waals surface area contributed by atoms with Crippen LogP contribution in [0.15, 0.2) is 42.5 Å². The lowest BCUT2D eigenvalue weighted by Gasteiger charge is -2.24. The van der Waals surface area contributed by atoms with Crippen LogP contribution in [0, 0.1) is 11.3 Å². The van der Waals surface area contributed by atoms with Crippen LogP contribution in [0.1, 0.15) is 17.3 Å². The Morgan fingerprint density at radius 1 is 1.18 bits per heavy atom. The molecule has 0 aliphatic heterocycles. The summed E-state index contributed by atoms with van der Waals surface area (Å²) in [5.41, 5.74) is -1.39. The van der Waals surface area contributed by atoms with Crippen molar-refractivity contribution in [3.05, 3.63) is 58.1 Å². The molecule has 1 amide bonds.